The van der Waals surface area contributed by atoms with Crippen molar-refractivity contribution in [3.63, 3.8) is 0 Å². The van der Waals surface area contributed by atoms with E-state index >= 15 is 0 Å². The fourth-order valence-electron chi connectivity index (χ4n) is 9.48. The normalized spacial score (nSPS) is 13.4. The molecule has 294 valence electrons. The third-order valence-electron chi connectivity index (χ3n) is 12.5. The van der Waals surface area contributed by atoms with Crippen LogP contribution in [-0.4, -0.2) is 0 Å². The summed E-state index contributed by atoms with van der Waals surface area (Å²) in [4.78, 5) is 1.88. The third-order valence-corrected chi connectivity index (χ3v) is 12.5. The topological polar surface area (TPSA) is 3.24 Å². The second-order valence-electron chi connectivity index (χ2n) is 16.6. The number of fused-ring (bicyclic) bond motifs is 4. The second-order valence-corrected chi connectivity index (χ2v) is 16.6. The Morgan fingerprint density at radius 2 is 0.823 bits per heavy atom. The third kappa shape index (κ3) is 6.60. The molecule has 0 atom stereocenters. The Kier molecular flexibility index (Phi) is 8.19. The van der Waals surface area contributed by atoms with Crippen LogP contribution >= 0.6 is 0 Å². The predicted molar refractivity (Wildman–Crippen MR) is 263 cm³/mol. The predicted octanol–water partition coefficient (Wildman–Crippen LogP) is 17.0. The molecule has 0 spiro atoms. The Bertz CT molecular complexity index is 3450. The molecular formula is C61H45N. The lowest BCUT2D eigenvalue weighted by molar-refractivity contribution is 0.662. The summed E-state index contributed by atoms with van der Waals surface area (Å²) in [6.07, 6.45) is 0. The molecule has 0 unspecified atom stereocenters. The lowest BCUT2D eigenvalue weighted by Gasteiger charge is -2.27. The summed E-state index contributed by atoms with van der Waals surface area (Å²) in [7, 11) is 0. The van der Waals surface area contributed by atoms with E-state index in [9.17, 15) is 5.48 Å². The molecule has 0 aromatic heterocycles. The molecule has 0 N–H and O–H groups in total. The van der Waals surface area contributed by atoms with Gasteiger partial charge < -0.3 is 4.90 Å². The molecule has 1 nitrogen and oxygen atoms in total. The Morgan fingerprint density at radius 3 is 1.56 bits per heavy atom. The van der Waals surface area contributed by atoms with Gasteiger partial charge >= 0.3 is 0 Å². The van der Waals surface area contributed by atoms with E-state index in [0.717, 1.165) is 44.6 Å². The number of anilines is 3. The molecule has 0 radical (unpaired) electrons. The van der Waals surface area contributed by atoms with E-state index in [1.165, 1.54) is 38.6 Å². The molecule has 10 aromatic rings. The van der Waals surface area contributed by atoms with Gasteiger partial charge in [-0.2, -0.15) is 0 Å². The van der Waals surface area contributed by atoms with Crippen LogP contribution in [0.3, 0.4) is 0 Å². The van der Waals surface area contributed by atoms with Gasteiger partial charge in [-0.25, -0.2) is 0 Å². The smallest absolute Gasteiger partial charge is 0.0645 e. The molecular weight excluding hydrogens is 747 g/mol. The molecule has 62 heavy (non-hydrogen) atoms. The van der Waals surface area contributed by atoms with Gasteiger partial charge in [-0.1, -0.05) is 202 Å². The maximum Gasteiger partial charge on any atom is 0.0645 e. The lowest BCUT2D eigenvalue weighted by atomic mass is 9.79. The standard InChI is InChI=1S/C61H45N/c1-61(2)59-27-9-8-23-57(59)58-26-13-25-56(60(58)61)46-32-38-53(39-33-46)62(51-34-28-43(29-35-51)48-19-10-18-47(40-48)42-14-4-3-5-15-42)52-36-30-44(31-37-52)49-20-11-21-50(41-49)55-24-12-17-45-16-6-7-22-54(45)55/h3-41H,1-2H3/i28D,29D,34D,35D. The molecule has 0 saturated carbocycles. The zero-order valence-corrected chi connectivity index (χ0v) is 34.7. The van der Waals surface area contributed by atoms with Gasteiger partial charge in [0, 0.05) is 22.5 Å². The van der Waals surface area contributed by atoms with Crippen LogP contribution in [0.15, 0.2) is 236 Å². The van der Waals surface area contributed by atoms with Crippen molar-refractivity contribution in [2.75, 3.05) is 4.90 Å². The molecule has 0 amide bonds. The lowest BCUT2D eigenvalue weighted by Crippen LogP contribution is -2.16. The first kappa shape index (κ1) is 33.0. The van der Waals surface area contributed by atoms with Gasteiger partial charge in [0.05, 0.1) is 5.48 Å². The molecule has 11 rings (SSSR count). The van der Waals surface area contributed by atoms with Gasteiger partial charge in [0.25, 0.3) is 0 Å². The average molecular weight is 796 g/mol. The van der Waals surface area contributed by atoms with E-state index in [4.69, 9.17) is 0 Å². The van der Waals surface area contributed by atoms with Crippen molar-refractivity contribution in [2.45, 2.75) is 19.3 Å². The van der Waals surface area contributed by atoms with Crippen LogP contribution in [0.1, 0.15) is 30.5 Å². The van der Waals surface area contributed by atoms with E-state index in [1.807, 2.05) is 83.8 Å². The SMILES string of the molecule is [2H]c1c([2H])c(N(c2ccc(-c3cccc(-c4cccc5ccccc45)c3)cc2)c2ccc(-c3cccc4c3C(C)(C)c3ccccc3-4)cc2)c([2H])c([2H])c1-c1cccc(-c2ccccc2)c1. The quantitative estimate of drug-likeness (QED) is 0.148. The van der Waals surface area contributed by atoms with Gasteiger partial charge in [-0.05, 0) is 137 Å². The van der Waals surface area contributed by atoms with Gasteiger partial charge in [-0.15, -0.1) is 0 Å². The minimum Gasteiger partial charge on any atom is -0.311 e. The molecule has 0 heterocycles. The average Bonchev–Trinajstić information content (AvgIpc) is 3.61. The van der Waals surface area contributed by atoms with Gasteiger partial charge in [0.1, 0.15) is 0 Å². The first-order valence-corrected chi connectivity index (χ1v) is 21.3. The van der Waals surface area contributed by atoms with Crippen LogP contribution < -0.4 is 4.90 Å². The molecule has 1 heteroatoms. The first-order chi connectivity index (χ1) is 32.2. The van der Waals surface area contributed by atoms with Crippen LogP contribution in [0.2, 0.25) is 0 Å². The van der Waals surface area contributed by atoms with Gasteiger partial charge in [-0.3, -0.25) is 0 Å². The van der Waals surface area contributed by atoms with Crippen LogP contribution in [0, 0.1) is 0 Å². The van der Waals surface area contributed by atoms with Crippen LogP contribution in [0.25, 0.3) is 77.5 Å². The monoisotopic (exact) mass is 795 g/mol. The summed E-state index contributed by atoms with van der Waals surface area (Å²) in [6, 6.07) is 72.4. The van der Waals surface area contributed by atoms with Crippen LogP contribution in [0.5, 0.6) is 0 Å². The van der Waals surface area contributed by atoms with Gasteiger partial charge in [0.2, 0.25) is 0 Å². The van der Waals surface area contributed by atoms with Crippen LogP contribution in [-0.2, 0) is 5.41 Å². The highest BCUT2D eigenvalue weighted by molar-refractivity contribution is 5.97. The minimum atomic E-state index is -0.193. The molecule has 0 fully saturated rings. The zero-order valence-electron chi connectivity index (χ0n) is 38.7. The summed E-state index contributed by atoms with van der Waals surface area (Å²) >= 11 is 0. The van der Waals surface area contributed by atoms with E-state index in [0.29, 0.717) is 11.3 Å². The summed E-state index contributed by atoms with van der Waals surface area (Å²) in [5.74, 6) is 0. The number of nitrogens with zero attached hydrogens (tertiary/aromatic N) is 1. The van der Waals surface area contributed by atoms with Crippen molar-refractivity contribution in [2.24, 2.45) is 0 Å². The Balaban J connectivity index is 1.03. The van der Waals surface area contributed by atoms with Crippen molar-refractivity contribution >= 4 is 27.8 Å². The Labute approximate surface area is 370 Å². The number of benzene rings is 10. The maximum absolute atomic E-state index is 9.64. The van der Waals surface area contributed by atoms with Crippen molar-refractivity contribution in [3.05, 3.63) is 248 Å². The minimum absolute atomic E-state index is 0.0960. The van der Waals surface area contributed by atoms with Crippen molar-refractivity contribution < 1.29 is 5.48 Å². The number of hydrogen-bond donors (Lipinski definition) is 0. The number of rotatable bonds is 8. The van der Waals surface area contributed by atoms with Gasteiger partial charge in [0.15, 0.2) is 0 Å². The fraction of sp³-hybridized carbons (Fsp3) is 0.0492. The van der Waals surface area contributed by atoms with E-state index < -0.39 is 0 Å². The highest BCUT2D eigenvalue weighted by atomic mass is 15.1. The molecule has 10 aromatic carbocycles. The summed E-state index contributed by atoms with van der Waals surface area (Å²) < 4.78 is 38.3. The van der Waals surface area contributed by atoms with Crippen molar-refractivity contribution in [3.8, 4) is 66.8 Å². The molecule has 1 aliphatic rings. The van der Waals surface area contributed by atoms with E-state index in [-0.39, 0.29) is 40.8 Å². The summed E-state index contributed by atoms with van der Waals surface area (Å²) in [5, 5.41) is 2.40. The fourth-order valence-corrected chi connectivity index (χ4v) is 9.48. The first-order valence-electron chi connectivity index (χ1n) is 23.3. The van der Waals surface area contributed by atoms with Crippen molar-refractivity contribution in [1.29, 1.82) is 0 Å². The molecule has 1 aliphatic carbocycles. The number of hydrogen-bond acceptors (Lipinski definition) is 1. The largest absolute Gasteiger partial charge is 0.311 e. The Hall–Kier alpha value is -7.74. The highest BCUT2D eigenvalue weighted by Gasteiger charge is 2.37. The Morgan fingerprint density at radius 1 is 0.339 bits per heavy atom. The van der Waals surface area contributed by atoms with Crippen LogP contribution in [0.4, 0.5) is 17.1 Å². The molecule has 0 aliphatic heterocycles. The second kappa shape index (κ2) is 15.4. The molecule has 0 saturated heterocycles. The molecule has 0 bridgehead atoms. The zero-order chi connectivity index (χ0) is 45.1. The summed E-state index contributed by atoms with van der Waals surface area (Å²) in [6.45, 7) is 4.59. The maximum atomic E-state index is 9.64. The summed E-state index contributed by atoms with van der Waals surface area (Å²) in [5.41, 5.74) is 16.0. The van der Waals surface area contributed by atoms with E-state index in [1.54, 1.807) is 0 Å². The highest BCUT2D eigenvalue weighted by Crippen LogP contribution is 2.52. The van der Waals surface area contributed by atoms with Crippen molar-refractivity contribution in [1.82, 2.24) is 0 Å². The van der Waals surface area contributed by atoms with E-state index in [2.05, 4.69) is 147 Å².